The number of carbonyl (C=O) groups excluding carboxylic acids is 2. The average Bonchev–Trinajstić information content (AvgIpc) is 3.37. The lowest BCUT2D eigenvalue weighted by Crippen LogP contribution is -2.60. The maximum Gasteiger partial charge on any atom is 0.305 e. The molecule has 0 saturated carbocycles. The molecule has 410 valence electrons. The predicted molar refractivity (Wildman–Crippen MR) is 292 cm³/mol. The van der Waals surface area contributed by atoms with E-state index in [-0.39, 0.29) is 18.5 Å². The van der Waals surface area contributed by atoms with Gasteiger partial charge in [0.05, 0.1) is 32.0 Å². The van der Waals surface area contributed by atoms with Gasteiger partial charge in [-0.05, 0) is 109 Å². The van der Waals surface area contributed by atoms with Crippen LogP contribution >= 0.6 is 0 Å². The fourth-order valence-corrected chi connectivity index (χ4v) is 8.41. The van der Waals surface area contributed by atoms with E-state index in [2.05, 4.69) is 79.9 Å². The number of nitrogens with one attached hydrogen (secondary N) is 1. The molecule has 7 atom stereocenters. The zero-order valence-corrected chi connectivity index (χ0v) is 44.9. The molecule has 0 bridgehead atoms. The molecule has 0 aliphatic carbocycles. The molecule has 11 nitrogen and oxygen atoms in total. The van der Waals surface area contributed by atoms with Crippen LogP contribution in [0.15, 0.2) is 72.9 Å². The summed E-state index contributed by atoms with van der Waals surface area (Å²) in [6, 6.07) is -0.845. The third-order valence-electron chi connectivity index (χ3n) is 13.0. The van der Waals surface area contributed by atoms with Gasteiger partial charge in [-0.3, -0.25) is 9.59 Å². The molecule has 1 heterocycles. The third-order valence-corrected chi connectivity index (χ3v) is 13.0. The average molecular weight is 1000 g/mol. The summed E-state index contributed by atoms with van der Waals surface area (Å²) in [5, 5.41) is 54.1. The number of hydrogen-bond acceptors (Lipinski definition) is 10. The minimum atomic E-state index is -1.59. The summed E-state index contributed by atoms with van der Waals surface area (Å²) in [6.07, 6.45) is 54.4. The molecule has 1 fully saturated rings. The molecule has 11 heteroatoms. The molecule has 0 radical (unpaired) electrons. The maximum absolute atomic E-state index is 13.0. The topological polar surface area (TPSA) is 175 Å². The van der Waals surface area contributed by atoms with Crippen molar-refractivity contribution in [3.63, 3.8) is 0 Å². The molecule has 0 aromatic carbocycles. The van der Waals surface area contributed by atoms with Gasteiger partial charge in [0.2, 0.25) is 5.91 Å². The van der Waals surface area contributed by atoms with Gasteiger partial charge in [-0.2, -0.15) is 0 Å². The van der Waals surface area contributed by atoms with Crippen molar-refractivity contribution in [2.24, 2.45) is 0 Å². The number of hydrogen-bond donors (Lipinski definition) is 6. The van der Waals surface area contributed by atoms with Crippen LogP contribution in [-0.2, 0) is 23.8 Å². The highest BCUT2D eigenvalue weighted by Gasteiger charge is 2.44. The van der Waals surface area contributed by atoms with Crippen LogP contribution in [0.5, 0.6) is 0 Å². The Hall–Kier alpha value is -2.90. The normalized spacial score (nSPS) is 19.7. The van der Waals surface area contributed by atoms with E-state index < -0.39 is 49.5 Å². The molecule has 1 saturated heterocycles. The van der Waals surface area contributed by atoms with Gasteiger partial charge in [0, 0.05) is 12.8 Å². The zero-order valence-electron chi connectivity index (χ0n) is 44.9. The van der Waals surface area contributed by atoms with E-state index in [0.29, 0.717) is 19.4 Å². The monoisotopic (exact) mass is 1000 g/mol. The molecule has 0 spiro atoms. The standard InChI is InChI=1S/C60H105NO10/c1-3-5-7-9-11-13-14-15-16-17-18-19-22-25-28-32-36-40-44-48-56(65)69-49-45-41-37-33-29-26-23-20-21-24-27-31-35-39-43-47-55(64)61-52(53(63)46-42-38-34-30-12-10-8-6-4-2)51-70-60-59(68)58(67)57(66)54(50-62)71-60/h11-13,15-16,20,23,26,29-30,42,46,52-54,57-60,62-63,66-68H,3-10,14,17-19,21-22,24-25,27-28,31-41,43-45,47-51H2,1-2H3,(H,61,64)/b13-11-,16-15-,23-20-,29-26-,30-12+,46-42+. The fourth-order valence-electron chi connectivity index (χ4n) is 8.41. The Morgan fingerprint density at radius 1 is 0.535 bits per heavy atom. The summed E-state index contributed by atoms with van der Waals surface area (Å²) in [5.74, 6) is -0.266. The quantitative estimate of drug-likeness (QED) is 0.0149. The highest BCUT2D eigenvalue weighted by molar-refractivity contribution is 5.76. The highest BCUT2D eigenvalue weighted by Crippen LogP contribution is 2.23. The Morgan fingerprint density at radius 2 is 1.00 bits per heavy atom. The lowest BCUT2D eigenvalue weighted by Gasteiger charge is -2.40. The first-order valence-electron chi connectivity index (χ1n) is 28.7. The van der Waals surface area contributed by atoms with E-state index >= 15 is 0 Å². The predicted octanol–water partition coefficient (Wildman–Crippen LogP) is 12.8. The number of carbonyl (C=O) groups is 2. The first-order valence-corrected chi connectivity index (χ1v) is 28.7. The Morgan fingerprint density at radius 3 is 1.56 bits per heavy atom. The van der Waals surface area contributed by atoms with E-state index in [4.69, 9.17) is 14.2 Å². The number of amides is 1. The van der Waals surface area contributed by atoms with Crippen molar-refractivity contribution < 1.29 is 49.3 Å². The van der Waals surface area contributed by atoms with Gasteiger partial charge in [0.25, 0.3) is 0 Å². The molecular formula is C60H105NO10. The molecule has 6 N–H and O–H groups in total. The van der Waals surface area contributed by atoms with Crippen molar-refractivity contribution in [2.75, 3.05) is 19.8 Å². The number of esters is 1. The molecule has 1 rings (SSSR count). The van der Waals surface area contributed by atoms with Gasteiger partial charge >= 0.3 is 5.97 Å². The summed E-state index contributed by atoms with van der Waals surface area (Å²) in [4.78, 5) is 25.1. The second-order valence-corrected chi connectivity index (χ2v) is 19.6. The summed E-state index contributed by atoms with van der Waals surface area (Å²) >= 11 is 0. The van der Waals surface area contributed by atoms with Gasteiger partial charge in [-0.25, -0.2) is 0 Å². The van der Waals surface area contributed by atoms with Crippen molar-refractivity contribution in [3.05, 3.63) is 72.9 Å². The van der Waals surface area contributed by atoms with E-state index in [0.717, 1.165) is 109 Å². The fraction of sp³-hybridized carbons (Fsp3) is 0.767. The van der Waals surface area contributed by atoms with Crippen molar-refractivity contribution in [1.82, 2.24) is 5.32 Å². The largest absolute Gasteiger partial charge is 0.466 e. The number of unbranched alkanes of at least 4 members (excludes halogenated alkanes) is 25. The summed E-state index contributed by atoms with van der Waals surface area (Å²) in [5.41, 5.74) is 0. The molecule has 1 aliphatic heterocycles. The van der Waals surface area contributed by atoms with Crippen LogP contribution in [0.2, 0.25) is 0 Å². The Bertz CT molecular complexity index is 1410. The third kappa shape index (κ3) is 39.3. The first-order chi connectivity index (χ1) is 34.7. The molecule has 1 amide bonds. The lowest BCUT2D eigenvalue weighted by molar-refractivity contribution is -0.302. The first kappa shape index (κ1) is 66.1. The van der Waals surface area contributed by atoms with Crippen LogP contribution in [-0.4, -0.2) is 100 Å². The van der Waals surface area contributed by atoms with Crippen molar-refractivity contribution >= 4 is 11.9 Å². The van der Waals surface area contributed by atoms with E-state index in [1.54, 1.807) is 6.08 Å². The smallest absolute Gasteiger partial charge is 0.305 e. The van der Waals surface area contributed by atoms with Gasteiger partial charge in [-0.15, -0.1) is 0 Å². The Labute approximate surface area is 432 Å². The van der Waals surface area contributed by atoms with Crippen molar-refractivity contribution in [2.45, 2.75) is 275 Å². The van der Waals surface area contributed by atoms with Crippen molar-refractivity contribution in [1.29, 1.82) is 0 Å². The van der Waals surface area contributed by atoms with Crippen LogP contribution < -0.4 is 5.32 Å². The van der Waals surface area contributed by atoms with E-state index in [9.17, 15) is 35.1 Å². The molecule has 7 unspecified atom stereocenters. The minimum absolute atomic E-state index is 0.0470. The van der Waals surface area contributed by atoms with Crippen LogP contribution in [0.1, 0.15) is 232 Å². The Balaban J connectivity index is 2.09. The van der Waals surface area contributed by atoms with E-state index in [1.807, 2.05) is 6.08 Å². The lowest BCUT2D eigenvalue weighted by atomic mass is 9.99. The number of ether oxygens (including phenoxy) is 3. The molecule has 0 aromatic heterocycles. The molecule has 0 aromatic rings. The second-order valence-electron chi connectivity index (χ2n) is 19.6. The van der Waals surface area contributed by atoms with Crippen LogP contribution in [0.25, 0.3) is 0 Å². The Kier molecular flexibility index (Phi) is 45.9. The summed E-state index contributed by atoms with van der Waals surface area (Å²) in [6.45, 7) is 4.16. The van der Waals surface area contributed by atoms with Crippen LogP contribution in [0.4, 0.5) is 0 Å². The number of rotatable bonds is 48. The van der Waals surface area contributed by atoms with Gasteiger partial charge in [0.1, 0.15) is 24.4 Å². The zero-order chi connectivity index (χ0) is 51.7. The minimum Gasteiger partial charge on any atom is -0.466 e. The maximum atomic E-state index is 13.0. The summed E-state index contributed by atoms with van der Waals surface area (Å²) < 4.78 is 16.6. The van der Waals surface area contributed by atoms with Gasteiger partial charge < -0.3 is 45.1 Å². The highest BCUT2D eigenvalue weighted by atomic mass is 16.7. The molecular weight excluding hydrogens is 895 g/mol. The number of aliphatic hydroxyl groups is 5. The summed E-state index contributed by atoms with van der Waals surface area (Å²) in [7, 11) is 0. The van der Waals surface area contributed by atoms with Crippen LogP contribution in [0.3, 0.4) is 0 Å². The van der Waals surface area contributed by atoms with E-state index in [1.165, 1.54) is 96.3 Å². The second kappa shape index (κ2) is 49.3. The molecule has 1 aliphatic rings. The number of aliphatic hydroxyl groups excluding tert-OH is 5. The van der Waals surface area contributed by atoms with Gasteiger partial charge in [0.15, 0.2) is 6.29 Å². The van der Waals surface area contributed by atoms with Crippen LogP contribution in [0, 0.1) is 0 Å². The molecule has 71 heavy (non-hydrogen) atoms. The number of allylic oxidation sites excluding steroid dienone is 11. The SMILES string of the molecule is CCCCC/C=C\C/C=C\CCCCCCCCCCCC(=O)OCCCCC/C=C\C=C/CCCCCCCCC(=O)NC(COC1OC(CO)C(O)C(O)C1O)C(O)/C=C/CC/C=C/CCCCC. The van der Waals surface area contributed by atoms with Gasteiger partial charge in [-0.1, -0.05) is 183 Å². The van der Waals surface area contributed by atoms with Crippen molar-refractivity contribution in [3.8, 4) is 0 Å².